The molecule has 0 radical (unpaired) electrons. The van der Waals surface area contributed by atoms with Crippen LogP contribution in [0.5, 0.6) is 0 Å². The van der Waals surface area contributed by atoms with Gasteiger partial charge in [-0.1, -0.05) is 67.9 Å². The second kappa shape index (κ2) is 8.62. The highest BCUT2D eigenvalue weighted by Crippen LogP contribution is 2.39. The Morgan fingerprint density at radius 2 is 1.69 bits per heavy atom. The van der Waals surface area contributed by atoms with Crippen molar-refractivity contribution in [3.63, 3.8) is 0 Å². The van der Waals surface area contributed by atoms with Gasteiger partial charge in [-0.3, -0.25) is 9.59 Å². The largest absolute Gasteiger partial charge is 0.507 e. The fourth-order valence-corrected chi connectivity index (χ4v) is 3.58. The molecule has 0 spiro atoms. The number of methoxy groups -OCH3 is 1. The van der Waals surface area contributed by atoms with E-state index in [0.29, 0.717) is 18.1 Å². The van der Waals surface area contributed by atoms with E-state index in [2.05, 4.69) is 13.8 Å². The molecule has 1 aliphatic heterocycles. The number of ether oxygens (including phenoxy) is 1. The number of carbonyl (C=O) groups is 2. The van der Waals surface area contributed by atoms with Gasteiger partial charge in [-0.25, -0.2) is 0 Å². The molecule has 1 aliphatic rings. The van der Waals surface area contributed by atoms with Crippen molar-refractivity contribution in [3.05, 3.63) is 76.4 Å². The van der Waals surface area contributed by atoms with Crippen LogP contribution in [-0.4, -0.2) is 42.0 Å². The molecule has 2 aromatic rings. The molecule has 2 aromatic carbocycles. The number of likely N-dealkylation sites (tertiary alicyclic amines) is 1. The van der Waals surface area contributed by atoms with Crippen LogP contribution in [0.4, 0.5) is 0 Å². The Labute approximate surface area is 171 Å². The maximum atomic E-state index is 12.9. The molecular weight excluding hydrogens is 366 g/mol. The molecule has 1 heterocycles. The van der Waals surface area contributed by atoms with E-state index in [0.717, 1.165) is 11.1 Å². The van der Waals surface area contributed by atoms with Crippen molar-refractivity contribution >= 4 is 17.4 Å². The molecular formula is C24H27NO4. The van der Waals surface area contributed by atoms with Crippen molar-refractivity contribution in [1.29, 1.82) is 0 Å². The molecule has 1 unspecified atom stereocenters. The number of aliphatic hydroxyl groups excluding tert-OH is 1. The van der Waals surface area contributed by atoms with Gasteiger partial charge >= 0.3 is 0 Å². The first-order chi connectivity index (χ1) is 13.8. The van der Waals surface area contributed by atoms with Crippen molar-refractivity contribution < 1.29 is 19.4 Å². The Kier molecular flexibility index (Phi) is 6.18. The minimum Gasteiger partial charge on any atom is -0.507 e. The maximum absolute atomic E-state index is 12.9. The molecule has 0 saturated carbocycles. The molecule has 5 nitrogen and oxygen atoms in total. The Balaban J connectivity index is 2.13. The van der Waals surface area contributed by atoms with E-state index in [1.54, 1.807) is 19.2 Å². The molecule has 3 rings (SSSR count). The molecule has 29 heavy (non-hydrogen) atoms. The summed E-state index contributed by atoms with van der Waals surface area (Å²) in [6, 6.07) is 14.4. The monoisotopic (exact) mass is 393 g/mol. The number of rotatable bonds is 6. The first-order valence-corrected chi connectivity index (χ1v) is 9.79. The summed E-state index contributed by atoms with van der Waals surface area (Å²) >= 11 is 0. The molecule has 0 aromatic heterocycles. The van der Waals surface area contributed by atoms with E-state index in [4.69, 9.17) is 4.74 Å². The predicted molar refractivity (Wildman–Crippen MR) is 113 cm³/mol. The molecule has 1 amide bonds. The molecule has 1 atom stereocenters. The summed E-state index contributed by atoms with van der Waals surface area (Å²) in [4.78, 5) is 27.1. The standard InChI is InChI=1S/C24H27NO4/c1-15(2)17-9-11-18(12-10-17)21-20(22(26)19-7-5-16(3)6-8-19)23(27)24(28)25(21)13-14-29-4/h5-12,15,21,26H,13-14H2,1-4H3/b22-20+. The summed E-state index contributed by atoms with van der Waals surface area (Å²) in [7, 11) is 1.55. The third-order valence-corrected chi connectivity index (χ3v) is 5.32. The summed E-state index contributed by atoms with van der Waals surface area (Å²) in [5.41, 5.74) is 3.64. The van der Waals surface area contributed by atoms with Crippen LogP contribution in [0.2, 0.25) is 0 Å². The third kappa shape index (κ3) is 4.10. The highest BCUT2D eigenvalue weighted by molar-refractivity contribution is 6.46. The number of carbonyl (C=O) groups excluding carboxylic acids is 2. The predicted octanol–water partition coefficient (Wildman–Crippen LogP) is 4.19. The Morgan fingerprint density at radius 3 is 2.24 bits per heavy atom. The molecule has 1 N–H and O–H groups in total. The molecule has 1 fully saturated rings. The highest BCUT2D eigenvalue weighted by Gasteiger charge is 2.45. The summed E-state index contributed by atoms with van der Waals surface area (Å²) in [5.74, 6) is -1.07. The van der Waals surface area contributed by atoms with Gasteiger partial charge in [0.25, 0.3) is 11.7 Å². The van der Waals surface area contributed by atoms with Crippen LogP contribution in [0.15, 0.2) is 54.1 Å². The van der Waals surface area contributed by atoms with Crippen molar-refractivity contribution in [3.8, 4) is 0 Å². The van der Waals surface area contributed by atoms with E-state index in [9.17, 15) is 14.7 Å². The van der Waals surface area contributed by atoms with Gasteiger partial charge in [0, 0.05) is 19.2 Å². The van der Waals surface area contributed by atoms with E-state index in [1.165, 1.54) is 10.5 Å². The second-order valence-corrected chi connectivity index (χ2v) is 7.67. The van der Waals surface area contributed by atoms with E-state index in [-0.39, 0.29) is 17.9 Å². The Bertz CT molecular complexity index is 926. The van der Waals surface area contributed by atoms with Crippen LogP contribution in [-0.2, 0) is 14.3 Å². The SMILES string of the molecule is COCCN1C(=O)C(=O)/C(=C(/O)c2ccc(C)cc2)C1c1ccc(C(C)C)cc1. The first-order valence-electron chi connectivity index (χ1n) is 9.79. The second-order valence-electron chi connectivity index (χ2n) is 7.67. The Morgan fingerprint density at radius 1 is 1.07 bits per heavy atom. The number of benzene rings is 2. The van der Waals surface area contributed by atoms with Gasteiger partial charge in [-0.2, -0.15) is 0 Å². The number of aryl methyl sites for hydroxylation is 1. The summed E-state index contributed by atoms with van der Waals surface area (Å²) in [6.07, 6.45) is 0. The van der Waals surface area contributed by atoms with Gasteiger partial charge in [0.15, 0.2) is 0 Å². The van der Waals surface area contributed by atoms with Gasteiger partial charge in [-0.15, -0.1) is 0 Å². The van der Waals surface area contributed by atoms with Gasteiger partial charge in [-0.05, 0) is 24.0 Å². The van der Waals surface area contributed by atoms with Gasteiger partial charge in [0.2, 0.25) is 0 Å². The van der Waals surface area contributed by atoms with Crippen LogP contribution in [0.3, 0.4) is 0 Å². The van der Waals surface area contributed by atoms with Crippen LogP contribution in [0.1, 0.15) is 48.1 Å². The average Bonchev–Trinajstić information content (AvgIpc) is 2.97. The summed E-state index contributed by atoms with van der Waals surface area (Å²) in [5, 5.41) is 11.0. The lowest BCUT2D eigenvalue weighted by molar-refractivity contribution is -0.140. The van der Waals surface area contributed by atoms with Gasteiger partial charge in [0.1, 0.15) is 5.76 Å². The first kappa shape index (κ1) is 20.8. The van der Waals surface area contributed by atoms with E-state index >= 15 is 0 Å². The van der Waals surface area contributed by atoms with Gasteiger partial charge < -0.3 is 14.7 Å². The number of Topliss-reactive ketones (excluding diaryl/α,β-unsaturated/α-hetero) is 1. The highest BCUT2D eigenvalue weighted by atomic mass is 16.5. The summed E-state index contributed by atoms with van der Waals surface area (Å²) in [6.45, 7) is 6.73. The van der Waals surface area contributed by atoms with Crippen LogP contribution in [0.25, 0.3) is 5.76 Å². The van der Waals surface area contributed by atoms with Crippen molar-refractivity contribution in [2.24, 2.45) is 0 Å². The zero-order valence-corrected chi connectivity index (χ0v) is 17.3. The number of ketones is 1. The van der Waals surface area contributed by atoms with E-state index in [1.807, 2.05) is 43.3 Å². The molecule has 1 saturated heterocycles. The zero-order valence-electron chi connectivity index (χ0n) is 17.3. The number of hydrogen-bond acceptors (Lipinski definition) is 4. The lowest BCUT2D eigenvalue weighted by Gasteiger charge is -2.25. The minimum absolute atomic E-state index is 0.118. The normalized spacial score (nSPS) is 18.7. The average molecular weight is 393 g/mol. The van der Waals surface area contributed by atoms with Crippen molar-refractivity contribution in [2.45, 2.75) is 32.7 Å². The molecule has 5 heteroatoms. The zero-order chi connectivity index (χ0) is 21.1. The smallest absolute Gasteiger partial charge is 0.295 e. The lowest BCUT2D eigenvalue weighted by atomic mass is 9.93. The van der Waals surface area contributed by atoms with Gasteiger partial charge in [0.05, 0.1) is 18.2 Å². The molecule has 0 aliphatic carbocycles. The third-order valence-electron chi connectivity index (χ3n) is 5.32. The van der Waals surface area contributed by atoms with E-state index < -0.39 is 17.7 Å². The number of hydrogen-bond donors (Lipinski definition) is 1. The molecule has 152 valence electrons. The number of nitrogens with zero attached hydrogens (tertiary/aromatic N) is 1. The maximum Gasteiger partial charge on any atom is 0.295 e. The summed E-state index contributed by atoms with van der Waals surface area (Å²) < 4.78 is 5.13. The van der Waals surface area contributed by atoms with Crippen molar-refractivity contribution in [2.75, 3.05) is 20.3 Å². The number of aliphatic hydroxyl groups is 1. The fraction of sp³-hybridized carbons (Fsp3) is 0.333. The van der Waals surface area contributed by atoms with Crippen LogP contribution in [0, 0.1) is 6.92 Å². The van der Waals surface area contributed by atoms with Crippen LogP contribution >= 0.6 is 0 Å². The quantitative estimate of drug-likeness (QED) is 0.454. The Hall–Kier alpha value is -2.92. The molecule has 0 bridgehead atoms. The van der Waals surface area contributed by atoms with Crippen LogP contribution < -0.4 is 0 Å². The minimum atomic E-state index is -0.669. The van der Waals surface area contributed by atoms with Crippen molar-refractivity contribution in [1.82, 2.24) is 4.90 Å². The lowest BCUT2D eigenvalue weighted by Crippen LogP contribution is -2.32. The fourth-order valence-electron chi connectivity index (χ4n) is 3.58. The number of amides is 1. The topological polar surface area (TPSA) is 66.8 Å².